The van der Waals surface area contributed by atoms with Gasteiger partial charge in [0.15, 0.2) is 0 Å². The van der Waals surface area contributed by atoms with Gasteiger partial charge in [-0.15, -0.1) is 0 Å². The molecule has 3 amide bonds. The first-order valence-corrected chi connectivity index (χ1v) is 10.6. The molecule has 7 nitrogen and oxygen atoms in total. The molecule has 7 heteroatoms. The smallest absolute Gasteiger partial charge is 0.408 e. The molecule has 0 aliphatic carbocycles. The third-order valence-corrected chi connectivity index (χ3v) is 4.62. The van der Waals surface area contributed by atoms with Crippen LogP contribution >= 0.6 is 0 Å². The number of nitrogens with one attached hydrogen (secondary N) is 2. The van der Waals surface area contributed by atoms with Gasteiger partial charge in [-0.25, -0.2) is 4.79 Å². The first kappa shape index (κ1) is 25.5. The van der Waals surface area contributed by atoms with Crippen LogP contribution in [-0.2, 0) is 20.7 Å². The molecule has 168 valence electrons. The molecule has 0 saturated carbocycles. The number of hydrogen-bond acceptors (Lipinski definition) is 4. The van der Waals surface area contributed by atoms with Crippen molar-refractivity contribution in [1.82, 2.24) is 15.5 Å². The molecule has 0 aliphatic heterocycles. The zero-order chi connectivity index (χ0) is 22.9. The summed E-state index contributed by atoms with van der Waals surface area (Å²) in [5.41, 5.74) is 1.21. The largest absolute Gasteiger partial charge is 0.444 e. The summed E-state index contributed by atoms with van der Waals surface area (Å²) in [6.07, 6.45) is 2.04. The molecule has 0 saturated heterocycles. The summed E-state index contributed by atoms with van der Waals surface area (Å²) < 4.78 is 5.22. The van der Waals surface area contributed by atoms with Gasteiger partial charge in [0.25, 0.3) is 0 Å². The van der Waals surface area contributed by atoms with Crippen LogP contribution in [0.1, 0.15) is 71.6 Å². The Kier molecular flexibility index (Phi) is 9.82. The Hall–Kier alpha value is -2.57. The number of benzene rings is 1. The SMILES string of the molecule is CCCCNC(=O)C(c1ccc(CC)cc1)N(C)C(=O)C(C)NC(=O)OC(C)(C)C. The van der Waals surface area contributed by atoms with Crippen LogP contribution in [0.3, 0.4) is 0 Å². The summed E-state index contributed by atoms with van der Waals surface area (Å²) in [4.78, 5) is 39.3. The molecule has 2 atom stereocenters. The number of amides is 3. The zero-order valence-electron chi connectivity index (χ0n) is 19.4. The van der Waals surface area contributed by atoms with Crippen LogP contribution < -0.4 is 10.6 Å². The second-order valence-electron chi connectivity index (χ2n) is 8.46. The molecule has 0 aromatic heterocycles. The van der Waals surface area contributed by atoms with Gasteiger partial charge in [-0.3, -0.25) is 9.59 Å². The standard InChI is InChI=1S/C23H37N3O4/c1-8-10-15-24-20(27)19(18-13-11-17(9-2)12-14-18)26(7)21(28)16(3)25-22(29)30-23(4,5)6/h11-14,16,19H,8-10,15H2,1-7H3,(H,24,27)(H,25,29). The first-order valence-electron chi connectivity index (χ1n) is 10.6. The molecule has 0 bridgehead atoms. The van der Waals surface area contributed by atoms with Crippen molar-refractivity contribution in [1.29, 1.82) is 0 Å². The van der Waals surface area contributed by atoms with Crippen molar-refractivity contribution in [3.63, 3.8) is 0 Å². The van der Waals surface area contributed by atoms with E-state index in [-0.39, 0.29) is 11.8 Å². The van der Waals surface area contributed by atoms with E-state index in [1.165, 1.54) is 4.90 Å². The van der Waals surface area contributed by atoms with Crippen LogP contribution in [0, 0.1) is 0 Å². The van der Waals surface area contributed by atoms with Crippen molar-refractivity contribution < 1.29 is 19.1 Å². The molecule has 1 rings (SSSR count). The van der Waals surface area contributed by atoms with E-state index >= 15 is 0 Å². The van der Waals surface area contributed by atoms with E-state index in [9.17, 15) is 14.4 Å². The number of nitrogens with zero attached hydrogens (tertiary/aromatic N) is 1. The Morgan fingerprint density at radius 1 is 1.10 bits per heavy atom. The van der Waals surface area contributed by atoms with Gasteiger partial charge < -0.3 is 20.3 Å². The number of aryl methyl sites for hydroxylation is 1. The molecule has 1 aromatic carbocycles. The van der Waals surface area contributed by atoms with Crippen molar-refractivity contribution >= 4 is 17.9 Å². The average molecular weight is 420 g/mol. The predicted octanol–water partition coefficient (Wildman–Crippen LogP) is 3.58. The van der Waals surface area contributed by atoms with Gasteiger partial charge in [-0.05, 0) is 51.7 Å². The molecule has 30 heavy (non-hydrogen) atoms. The summed E-state index contributed by atoms with van der Waals surface area (Å²) >= 11 is 0. The molecule has 0 heterocycles. The molecule has 0 fully saturated rings. The highest BCUT2D eigenvalue weighted by molar-refractivity contribution is 5.91. The lowest BCUT2D eigenvalue weighted by atomic mass is 10.0. The fraction of sp³-hybridized carbons (Fsp3) is 0.609. The maximum absolute atomic E-state index is 13.0. The van der Waals surface area contributed by atoms with Crippen molar-refractivity contribution in [3.05, 3.63) is 35.4 Å². The number of alkyl carbamates (subject to hydrolysis) is 1. The zero-order valence-corrected chi connectivity index (χ0v) is 19.4. The lowest BCUT2D eigenvalue weighted by Crippen LogP contribution is -2.50. The summed E-state index contributed by atoms with van der Waals surface area (Å²) in [6, 6.07) is 6.04. The highest BCUT2D eigenvalue weighted by Gasteiger charge is 2.32. The minimum atomic E-state index is -0.842. The minimum Gasteiger partial charge on any atom is -0.444 e. The quantitative estimate of drug-likeness (QED) is 0.599. The summed E-state index contributed by atoms with van der Waals surface area (Å²) in [7, 11) is 1.58. The number of likely N-dealkylation sites (N-methyl/N-ethyl adjacent to an activating group) is 1. The second kappa shape index (κ2) is 11.6. The van der Waals surface area contributed by atoms with E-state index in [0.29, 0.717) is 6.54 Å². The Balaban J connectivity index is 3.01. The Morgan fingerprint density at radius 3 is 2.20 bits per heavy atom. The molecule has 0 spiro atoms. The van der Waals surface area contributed by atoms with Gasteiger partial charge in [-0.1, -0.05) is 44.5 Å². The molecular weight excluding hydrogens is 382 g/mol. The van der Waals surface area contributed by atoms with Gasteiger partial charge in [0, 0.05) is 13.6 Å². The Labute approximate surface area is 180 Å². The first-order chi connectivity index (χ1) is 14.0. The number of hydrogen-bond donors (Lipinski definition) is 2. The number of carbonyl (C=O) groups is 3. The fourth-order valence-electron chi connectivity index (χ4n) is 2.95. The van der Waals surface area contributed by atoms with Crippen molar-refractivity contribution in [2.45, 2.75) is 78.5 Å². The molecular formula is C23H37N3O4. The van der Waals surface area contributed by atoms with Crippen molar-refractivity contribution in [3.8, 4) is 0 Å². The van der Waals surface area contributed by atoms with E-state index in [1.807, 2.05) is 31.2 Å². The van der Waals surface area contributed by atoms with Crippen LogP contribution in [0.4, 0.5) is 4.79 Å². The topological polar surface area (TPSA) is 87.7 Å². The lowest BCUT2D eigenvalue weighted by molar-refractivity contribution is -0.140. The van der Waals surface area contributed by atoms with E-state index in [0.717, 1.165) is 30.4 Å². The second-order valence-corrected chi connectivity index (χ2v) is 8.46. The molecule has 0 radical (unpaired) electrons. The number of rotatable bonds is 9. The van der Waals surface area contributed by atoms with Gasteiger partial charge >= 0.3 is 6.09 Å². The maximum atomic E-state index is 13.0. The minimum absolute atomic E-state index is 0.243. The maximum Gasteiger partial charge on any atom is 0.408 e. The third-order valence-electron chi connectivity index (χ3n) is 4.62. The van der Waals surface area contributed by atoms with Gasteiger partial charge in [-0.2, -0.15) is 0 Å². The highest BCUT2D eigenvalue weighted by atomic mass is 16.6. The van der Waals surface area contributed by atoms with Gasteiger partial charge in [0.05, 0.1) is 0 Å². The van der Waals surface area contributed by atoms with Gasteiger partial charge in [0.1, 0.15) is 17.7 Å². The molecule has 2 N–H and O–H groups in total. The van der Waals surface area contributed by atoms with Crippen LogP contribution in [-0.4, -0.2) is 48.0 Å². The average Bonchev–Trinajstić information content (AvgIpc) is 2.66. The molecule has 1 aromatic rings. The molecule has 2 unspecified atom stereocenters. The number of ether oxygens (including phenoxy) is 1. The van der Waals surface area contributed by atoms with E-state index < -0.39 is 23.8 Å². The van der Waals surface area contributed by atoms with Crippen molar-refractivity contribution in [2.75, 3.05) is 13.6 Å². The predicted molar refractivity (Wildman–Crippen MR) is 118 cm³/mol. The monoisotopic (exact) mass is 419 g/mol. The highest BCUT2D eigenvalue weighted by Crippen LogP contribution is 2.22. The summed E-state index contributed by atoms with van der Waals surface area (Å²) in [6.45, 7) is 11.5. The fourth-order valence-corrected chi connectivity index (χ4v) is 2.95. The Bertz CT molecular complexity index is 710. The third kappa shape index (κ3) is 8.05. The normalized spacial score (nSPS) is 13.2. The summed E-state index contributed by atoms with van der Waals surface area (Å²) in [5.74, 6) is -0.621. The van der Waals surface area contributed by atoms with Crippen LogP contribution in [0.25, 0.3) is 0 Å². The number of unbranched alkanes of at least 4 members (excludes halogenated alkanes) is 1. The van der Waals surface area contributed by atoms with E-state index in [2.05, 4.69) is 17.6 Å². The van der Waals surface area contributed by atoms with E-state index in [4.69, 9.17) is 4.74 Å². The number of carbonyl (C=O) groups excluding carboxylic acids is 3. The lowest BCUT2D eigenvalue weighted by Gasteiger charge is -2.30. The van der Waals surface area contributed by atoms with E-state index in [1.54, 1.807) is 34.7 Å². The summed E-state index contributed by atoms with van der Waals surface area (Å²) in [5, 5.41) is 5.46. The van der Waals surface area contributed by atoms with Crippen LogP contribution in [0.2, 0.25) is 0 Å². The van der Waals surface area contributed by atoms with Crippen molar-refractivity contribution in [2.24, 2.45) is 0 Å². The Morgan fingerprint density at radius 2 is 1.70 bits per heavy atom. The van der Waals surface area contributed by atoms with Crippen LogP contribution in [0.15, 0.2) is 24.3 Å². The van der Waals surface area contributed by atoms with Crippen LogP contribution in [0.5, 0.6) is 0 Å². The van der Waals surface area contributed by atoms with Gasteiger partial charge in [0.2, 0.25) is 11.8 Å². The molecule has 0 aliphatic rings.